The van der Waals surface area contributed by atoms with Crippen LogP contribution < -0.4 is 4.74 Å². The molecule has 2 fully saturated rings. The predicted molar refractivity (Wildman–Crippen MR) is 85.2 cm³/mol. The number of aromatic nitrogens is 2. The maximum Gasteiger partial charge on any atom is 0.133 e. The van der Waals surface area contributed by atoms with Crippen LogP contribution in [0.25, 0.3) is 11.3 Å². The van der Waals surface area contributed by atoms with Gasteiger partial charge in [0.25, 0.3) is 0 Å². The van der Waals surface area contributed by atoms with Gasteiger partial charge in [0, 0.05) is 11.5 Å². The average molecular weight is 298 g/mol. The van der Waals surface area contributed by atoms with E-state index in [0.717, 1.165) is 28.4 Å². The van der Waals surface area contributed by atoms with Crippen LogP contribution in [0.2, 0.25) is 0 Å². The Morgan fingerprint density at radius 1 is 1.14 bits per heavy atom. The number of hydrogen-bond acceptors (Lipinski definition) is 3. The van der Waals surface area contributed by atoms with Crippen molar-refractivity contribution >= 4 is 12.2 Å². The molecule has 1 heterocycles. The van der Waals surface area contributed by atoms with Crippen molar-refractivity contribution < 1.29 is 4.74 Å². The lowest BCUT2D eigenvalue weighted by Gasteiger charge is -2.10. The fourth-order valence-corrected chi connectivity index (χ4v) is 2.67. The van der Waals surface area contributed by atoms with Gasteiger partial charge in [0.05, 0.1) is 11.8 Å². The lowest BCUT2D eigenvalue weighted by Crippen LogP contribution is -2.00. The quantitative estimate of drug-likeness (QED) is 0.842. The first-order valence-electron chi connectivity index (χ1n) is 7.58. The summed E-state index contributed by atoms with van der Waals surface area (Å²) in [6.07, 6.45) is 5.24. The van der Waals surface area contributed by atoms with E-state index in [4.69, 9.17) is 17.0 Å². The standard InChI is InChI=1S/C17H18N2OS/c1-10-15(18-16(12-2-3-12)19-17(10)21)11-4-6-13(7-5-11)20-14-8-9-14/h4-7,12,14H,2-3,8-9H2,1H3,(H,18,19,21). The van der Waals surface area contributed by atoms with Gasteiger partial charge in [0.15, 0.2) is 0 Å². The zero-order valence-corrected chi connectivity index (χ0v) is 12.9. The number of rotatable bonds is 4. The first-order chi connectivity index (χ1) is 10.2. The van der Waals surface area contributed by atoms with E-state index < -0.39 is 0 Å². The Balaban J connectivity index is 1.69. The highest BCUT2D eigenvalue weighted by Crippen LogP contribution is 2.39. The second-order valence-corrected chi connectivity index (χ2v) is 6.43. The monoisotopic (exact) mass is 298 g/mol. The van der Waals surface area contributed by atoms with Crippen LogP contribution in [-0.2, 0) is 0 Å². The molecule has 4 rings (SSSR count). The van der Waals surface area contributed by atoms with E-state index in [9.17, 15) is 0 Å². The van der Waals surface area contributed by atoms with Crippen molar-refractivity contribution in [1.29, 1.82) is 0 Å². The van der Waals surface area contributed by atoms with Gasteiger partial charge in [0.2, 0.25) is 0 Å². The molecule has 2 saturated carbocycles. The van der Waals surface area contributed by atoms with Gasteiger partial charge in [-0.05, 0) is 62.4 Å². The highest BCUT2D eigenvalue weighted by molar-refractivity contribution is 7.71. The van der Waals surface area contributed by atoms with Gasteiger partial charge in [-0.15, -0.1) is 0 Å². The highest BCUT2D eigenvalue weighted by Gasteiger charge is 2.27. The molecule has 0 spiro atoms. The summed E-state index contributed by atoms with van der Waals surface area (Å²) in [5.41, 5.74) is 3.28. The summed E-state index contributed by atoms with van der Waals surface area (Å²) in [6, 6.07) is 8.28. The Hall–Kier alpha value is -1.68. The van der Waals surface area contributed by atoms with Crippen LogP contribution in [0.1, 0.15) is 43.0 Å². The molecular weight excluding hydrogens is 280 g/mol. The Kier molecular flexibility index (Phi) is 3.07. The summed E-state index contributed by atoms with van der Waals surface area (Å²) in [6.45, 7) is 2.03. The second-order valence-electron chi connectivity index (χ2n) is 6.04. The third-order valence-corrected chi connectivity index (χ3v) is 4.50. The van der Waals surface area contributed by atoms with E-state index in [1.54, 1.807) is 0 Å². The summed E-state index contributed by atoms with van der Waals surface area (Å²) in [7, 11) is 0. The number of nitrogens with one attached hydrogen (secondary N) is 1. The van der Waals surface area contributed by atoms with E-state index in [-0.39, 0.29) is 0 Å². The van der Waals surface area contributed by atoms with Crippen LogP contribution in [0, 0.1) is 11.6 Å². The molecular formula is C17H18N2OS. The van der Waals surface area contributed by atoms with Crippen molar-refractivity contribution in [3.05, 3.63) is 40.3 Å². The first-order valence-corrected chi connectivity index (χ1v) is 7.99. The molecule has 2 aromatic rings. The minimum atomic E-state index is 0.436. The zero-order chi connectivity index (χ0) is 14.4. The van der Waals surface area contributed by atoms with Crippen molar-refractivity contribution in [2.24, 2.45) is 0 Å². The van der Waals surface area contributed by atoms with Gasteiger partial charge in [-0.3, -0.25) is 0 Å². The predicted octanol–water partition coefficient (Wildman–Crippen LogP) is 4.53. The van der Waals surface area contributed by atoms with Crippen molar-refractivity contribution in [1.82, 2.24) is 9.97 Å². The normalized spacial score (nSPS) is 17.8. The second kappa shape index (κ2) is 4.95. The summed E-state index contributed by atoms with van der Waals surface area (Å²) < 4.78 is 6.51. The molecule has 108 valence electrons. The summed E-state index contributed by atoms with van der Waals surface area (Å²) in [5.74, 6) is 2.57. The maximum atomic E-state index is 5.80. The summed E-state index contributed by atoms with van der Waals surface area (Å²) in [5, 5.41) is 0. The van der Waals surface area contributed by atoms with Crippen LogP contribution in [0.5, 0.6) is 5.75 Å². The van der Waals surface area contributed by atoms with E-state index >= 15 is 0 Å². The molecule has 0 aliphatic heterocycles. The molecule has 0 radical (unpaired) electrons. The van der Waals surface area contributed by atoms with Crippen molar-refractivity contribution in [3.8, 4) is 17.0 Å². The molecule has 0 atom stereocenters. The first kappa shape index (κ1) is 13.0. The molecule has 0 saturated heterocycles. The number of hydrogen-bond donors (Lipinski definition) is 1. The van der Waals surface area contributed by atoms with E-state index in [2.05, 4.69) is 22.1 Å². The van der Waals surface area contributed by atoms with Crippen LogP contribution in [0.15, 0.2) is 24.3 Å². The van der Waals surface area contributed by atoms with Crippen molar-refractivity contribution in [2.45, 2.75) is 44.6 Å². The summed E-state index contributed by atoms with van der Waals surface area (Å²) >= 11 is 5.41. The Bertz CT molecular complexity index is 727. The van der Waals surface area contributed by atoms with Gasteiger partial charge < -0.3 is 9.72 Å². The highest BCUT2D eigenvalue weighted by atomic mass is 32.1. The largest absolute Gasteiger partial charge is 0.490 e. The van der Waals surface area contributed by atoms with Crippen LogP contribution in [-0.4, -0.2) is 16.1 Å². The Labute approximate surface area is 129 Å². The van der Waals surface area contributed by atoms with Gasteiger partial charge >= 0.3 is 0 Å². The number of H-pyrrole nitrogens is 1. The van der Waals surface area contributed by atoms with Crippen molar-refractivity contribution in [2.75, 3.05) is 0 Å². The number of benzene rings is 1. The maximum absolute atomic E-state index is 5.80. The molecule has 2 aliphatic carbocycles. The third-order valence-electron chi connectivity index (χ3n) is 4.11. The summed E-state index contributed by atoms with van der Waals surface area (Å²) in [4.78, 5) is 8.01. The topological polar surface area (TPSA) is 37.9 Å². The molecule has 1 N–H and O–H groups in total. The molecule has 21 heavy (non-hydrogen) atoms. The SMILES string of the molecule is Cc1c(-c2ccc(OC3CC3)cc2)[nH]c(C2CC2)nc1=S. The minimum Gasteiger partial charge on any atom is -0.490 e. The lowest BCUT2D eigenvalue weighted by atomic mass is 10.1. The van der Waals surface area contributed by atoms with Gasteiger partial charge in [-0.25, -0.2) is 4.98 Å². The average Bonchev–Trinajstić information content (AvgIpc) is 3.36. The number of ether oxygens (including phenoxy) is 1. The molecule has 0 unspecified atom stereocenters. The van der Waals surface area contributed by atoms with Crippen LogP contribution in [0.4, 0.5) is 0 Å². The van der Waals surface area contributed by atoms with Crippen LogP contribution in [0.3, 0.4) is 0 Å². The van der Waals surface area contributed by atoms with Gasteiger partial charge in [-0.1, -0.05) is 12.2 Å². The molecule has 1 aromatic carbocycles. The van der Waals surface area contributed by atoms with E-state index in [1.807, 2.05) is 19.1 Å². The van der Waals surface area contributed by atoms with Gasteiger partial charge in [0.1, 0.15) is 16.2 Å². The minimum absolute atomic E-state index is 0.436. The van der Waals surface area contributed by atoms with E-state index in [1.165, 1.54) is 25.7 Å². The van der Waals surface area contributed by atoms with Crippen molar-refractivity contribution in [3.63, 3.8) is 0 Å². The molecule has 4 heteroatoms. The third kappa shape index (κ3) is 2.72. The Morgan fingerprint density at radius 2 is 1.86 bits per heavy atom. The van der Waals surface area contributed by atoms with E-state index in [0.29, 0.717) is 16.7 Å². The van der Waals surface area contributed by atoms with Crippen LogP contribution >= 0.6 is 12.2 Å². The Morgan fingerprint density at radius 3 is 2.48 bits per heavy atom. The fraction of sp³-hybridized carbons (Fsp3) is 0.412. The molecule has 2 aliphatic rings. The molecule has 3 nitrogen and oxygen atoms in total. The number of aromatic amines is 1. The molecule has 1 aromatic heterocycles. The lowest BCUT2D eigenvalue weighted by molar-refractivity contribution is 0.303. The number of nitrogens with zero attached hydrogens (tertiary/aromatic N) is 1. The molecule has 0 bridgehead atoms. The van der Waals surface area contributed by atoms with Gasteiger partial charge in [-0.2, -0.15) is 0 Å². The molecule has 0 amide bonds. The smallest absolute Gasteiger partial charge is 0.133 e. The fourth-order valence-electron chi connectivity index (χ4n) is 2.47. The zero-order valence-electron chi connectivity index (χ0n) is 12.1.